The lowest BCUT2D eigenvalue weighted by molar-refractivity contribution is -0.136. The second kappa shape index (κ2) is 8.10. The summed E-state index contributed by atoms with van der Waals surface area (Å²) in [6.45, 7) is 2.92. The number of nitrogens with zero attached hydrogens (tertiary/aromatic N) is 1. The number of halogens is 1. The molecular formula is C26H22ClNO2S. The molecule has 0 bridgehead atoms. The number of thioether (sulfide) groups is 1. The van der Waals surface area contributed by atoms with Crippen LogP contribution in [0.3, 0.4) is 0 Å². The Morgan fingerprint density at radius 1 is 1.16 bits per heavy atom. The summed E-state index contributed by atoms with van der Waals surface area (Å²) in [5.74, 6) is 0.533. The Hall–Kier alpha value is -2.69. The van der Waals surface area contributed by atoms with Crippen molar-refractivity contribution in [3.8, 4) is 11.1 Å². The maximum atomic E-state index is 11.5. The Morgan fingerprint density at radius 2 is 2.00 bits per heavy atom. The number of rotatable bonds is 5. The Morgan fingerprint density at radius 3 is 2.81 bits per heavy atom. The zero-order valence-electron chi connectivity index (χ0n) is 17.1. The van der Waals surface area contributed by atoms with Gasteiger partial charge in [0.25, 0.3) is 0 Å². The molecule has 1 N–H and O–H groups in total. The van der Waals surface area contributed by atoms with Crippen LogP contribution in [0.25, 0.3) is 22.0 Å². The second-order valence-electron chi connectivity index (χ2n) is 8.11. The van der Waals surface area contributed by atoms with Crippen LogP contribution in [-0.4, -0.2) is 21.4 Å². The van der Waals surface area contributed by atoms with Crippen LogP contribution in [0.1, 0.15) is 22.6 Å². The van der Waals surface area contributed by atoms with Gasteiger partial charge < -0.3 is 9.67 Å². The summed E-state index contributed by atoms with van der Waals surface area (Å²) in [7, 11) is 0. The molecular weight excluding hydrogens is 426 g/mol. The van der Waals surface area contributed by atoms with Crippen molar-refractivity contribution in [2.24, 2.45) is 0 Å². The number of hydrogen-bond donors (Lipinski definition) is 1. The van der Waals surface area contributed by atoms with Crippen LogP contribution >= 0.6 is 23.4 Å². The van der Waals surface area contributed by atoms with Gasteiger partial charge in [0.1, 0.15) is 0 Å². The van der Waals surface area contributed by atoms with Crippen LogP contribution in [-0.2, 0) is 17.8 Å². The fraction of sp³-hybridized carbons (Fsp3) is 0.192. The molecule has 156 valence electrons. The van der Waals surface area contributed by atoms with Crippen LogP contribution in [0.15, 0.2) is 71.8 Å². The highest BCUT2D eigenvalue weighted by atomic mass is 35.5. The van der Waals surface area contributed by atoms with Gasteiger partial charge in [0.05, 0.1) is 6.42 Å². The van der Waals surface area contributed by atoms with E-state index in [0.717, 1.165) is 39.4 Å². The van der Waals surface area contributed by atoms with E-state index in [-0.39, 0.29) is 6.42 Å². The minimum Gasteiger partial charge on any atom is -0.481 e. The number of aliphatic carboxylic acids is 1. The zero-order chi connectivity index (χ0) is 21.5. The minimum absolute atomic E-state index is 0.0229. The van der Waals surface area contributed by atoms with Gasteiger partial charge in [0.2, 0.25) is 0 Å². The van der Waals surface area contributed by atoms with Crippen molar-refractivity contribution in [1.82, 2.24) is 4.57 Å². The van der Waals surface area contributed by atoms with E-state index in [4.69, 9.17) is 11.6 Å². The normalized spacial score (nSPS) is 15.4. The van der Waals surface area contributed by atoms with Gasteiger partial charge in [-0.15, -0.1) is 11.8 Å². The molecule has 31 heavy (non-hydrogen) atoms. The summed E-state index contributed by atoms with van der Waals surface area (Å²) in [6.07, 6.45) is 2.04. The minimum atomic E-state index is -0.810. The Labute approximate surface area is 190 Å². The third kappa shape index (κ3) is 3.86. The van der Waals surface area contributed by atoms with Crippen LogP contribution in [0, 0.1) is 6.92 Å². The third-order valence-electron chi connectivity index (χ3n) is 6.03. The molecule has 0 aliphatic carbocycles. The number of aromatic nitrogens is 1. The summed E-state index contributed by atoms with van der Waals surface area (Å²) in [5, 5.41) is 11.2. The van der Waals surface area contributed by atoms with E-state index in [9.17, 15) is 9.90 Å². The quantitative estimate of drug-likeness (QED) is 0.366. The lowest BCUT2D eigenvalue weighted by atomic mass is 9.98. The molecule has 0 saturated carbocycles. The van der Waals surface area contributed by atoms with Crippen LogP contribution in [0.2, 0.25) is 5.02 Å². The molecule has 3 aromatic carbocycles. The molecule has 5 heteroatoms. The molecule has 1 aromatic heterocycles. The fourth-order valence-corrected chi connectivity index (χ4v) is 5.93. The zero-order valence-corrected chi connectivity index (χ0v) is 18.7. The van der Waals surface area contributed by atoms with Gasteiger partial charge in [0, 0.05) is 45.2 Å². The molecule has 1 aliphatic heterocycles. The standard InChI is InChI=1S/C26H22ClNO2S/c1-16-4-2-3-5-21(16)17-6-8-22-18(11-26(29)30)13-28(24(22)10-17)14-19-15-31-25-9-7-20(27)12-23(19)25/h2-10,12-13,19H,11,14-15H2,1H3,(H,29,30). The highest BCUT2D eigenvalue weighted by Crippen LogP contribution is 2.42. The van der Waals surface area contributed by atoms with Crippen LogP contribution in [0.5, 0.6) is 0 Å². The fourth-order valence-electron chi connectivity index (χ4n) is 4.53. The van der Waals surface area contributed by atoms with Crippen molar-refractivity contribution in [1.29, 1.82) is 0 Å². The molecule has 3 nitrogen and oxygen atoms in total. The number of benzene rings is 3. The Kier molecular flexibility index (Phi) is 5.28. The number of carboxylic acid groups (broad SMARTS) is 1. The summed E-state index contributed by atoms with van der Waals surface area (Å²) < 4.78 is 2.23. The smallest absolute Gasteiger partial charge is 0.307 e. The molecule has 0 fully saturated rings. The number of hydrogen-bond acceptors (Lipinski definition) is 2. The third-order valence-corrected chi connectivity index (χ3v) is 7.52. The lowest BCUT2D eigenvalue weighted by Gasteiger charge is -2.14. The lowest BCUT2D eigenvalue weighted by Crippen LogP contribution is -2.08. The molecule has 0 spiro atoms. The maximum Gasteiger partial charge on any atom is 0.307 e. The summed E-state index contributed by atoms with van der Waals surface area (Å²) >= 11 is 8.13. The Balaban J connectivity index is 1.60. The molecule has 4 aromatic rings. The first-order valence-corrected chi connectivity index (χ1v) is 11.7. The van der Waals surface area contributed by atoms with E-state index < -0.39 is 5.97 Å². The van der Waals surface area contributed by atoms with E-state index in [2.05, 4.69) is 60.0 Å². The first-order valence-electron chi connectivity index (χ1n) is 10.3. The number of aryl methyl sites for hydroxylation is 1. The van der Waals surface area contributed by atoms with Crippen molar-refractivity contribution in [3.05, 3.63) is 88.6 Å². The van der Waals surface area contributed by atoms with Gasteiger partial charge >= 0.3 is 5.97 Å². The molecule has 5 rings (SSSR count). The monoisotopic (exact) mass is 447 g/mol. The van der Waals surface area contributed by atoms with Gasteiger partial charge in [-0.25, -0.2) is 0 Å². The number of fused-ring (bicyclic) bond motifs is 2. The average Bonchev–Trinajstić information content (AvgIpc) is 3.29. The molecule has 1 aliphatic rings. The summed E-state index contributed by atoms with van der Waals surface area (Å²) in [4.78, 5) is 12.8. The molecule has 2 heterocycles. The Bertz CT molecular complexity index is 1310. The van der Waals surface area contributed by atoms with E-state index in [1.165, 1.54) is 21.6 Å². The van der Waals surface area contributed by atoms with Crippen molar-refractivity contribution < 1.29 is 9.90 Å². The first-order chi connectivity index (χ1) is 15.0. The van der Waals surface area contributed by atoms with Crippen molar-refractivity contribution in [3.63, 3.8) is 0 Å². The summed E-state index contributed by atoms with van der Waals surface area (Å²) in [5.41, 5.74) is 6.80. The second-order valence-corrected chi connectivity index (χ2v) is 9.61. The molecule has 1 atom stereocenters. The van der Waals surface area contributed by atoms with Gasteiger partial charge in [-0.3, -0.25) is 4.79 Å². The van der Waals surface area contributed by atoms with Crippen molar-refractivity contribution in [2.45, 2.75) is 30.7 Å². The van der Waals surface area contributed by atoms with Crippen molar-refractivity contribution in [2.75, 3.05) is 5.75 Å². The molecule has 0 amide bonds. The SMILES string of the molecule is Cc1ccccc1-c1ccc2c(CC(=O)O)cn(CC3CSc4ccc(Cl)cc43)c2c1. The van der Waals surface area contributed by atoms with Gasteiger partial charge in [-0.1, -0.05) is 48.0 Å². The number of carboxylic acids is 1. The van der Waals surface area contributed by atoms with E-state index in [1.807, 2.05) is 30.1 Å². The van der Waals surface area contributed by atoms with Crippen LogP contribution < -0.4 is 0 Å². The van der Waals surface area contributed by atoms with Crippen LogP contribution in [0.4, 0.5) is 0 Å². The number of carbonyl (C=O) groups is 1. The van der Waals surface area contributed by atoms with Crippen molar-refractivity contribution >= 4 is 40.2 Å². The molecule has 0 radical (unpaired) electrons. The van der Waals surface area contributed by atoms with Gasteiger partial charge in [-0.2, -0.15) is 0 Å². The predicted molar refractivity (Wildman–Crippen MR) is 128 cm³/mol. The maximum absolute atomic E-state index is 11.5. The topological polar surface area (TPSA) is 42.2 Å². The highest BCUT2D eigenvalue weighted by molar-refractivity contribution is 7.99. The largest absolute Gasteiger partial charge is 0.481 e. The van der Waals surface area contributed by atoms with Gasteiger partial charge in [-0.05, 0) is 59.0 Å². The van der Waals surface area contributed by atoms with Gasteiger partial charge in [0.15, 0.2) is 0 Å². The van der Waals surface area contributed by atoms with E-state index in [0.29, 0.717) is 5.92 Å². The highest BCUT2D eigenvalue weighted by Gasteiger charge is 2.25. The first kappa shape index (κ1) is 20.2. The van der Waals surface area contributed by atoms with E-state index >= 15 is 0 Å². The predicted octanol–water partition coefficient (Wildman–Crippen LogP) is 6.79. The molecule has 0 saturated heterocycles. The molecule has 1 unspecified atom stereocenters. The average molecular weight is 448 g/mol. The summed E-state index contributed by atoms with van der Waals surface area (Å²) in [6, 6.07) is 20.8. The van der Waals surface area contributed by atoms with E-state index in [1.54, 1.807) is 0 Å².